The van der Waals surface area contributed by atoms with E-state index in [9.17, 15) is 9.90 Å². The quantitative estimate of drug-likeness (QED) is 0.872. The van der Waals surface area contributed by atoms with E-state index in [4.69, 9.17) is 0 Å². The largest absolute Gasteiger partial charge is 0.385 e. The van der Waals surface area contributed by atoms with Crippen molar-refractivity contribution in [2.45, 2.75) is 60.1 Å². The molecule has 1 aromatic heterocycles. The lowest BCUT2D eigenvalue weighted by atomic mass is 9.85. The Morgan fingerprint density at radius 1 is 1.44 bits per heavy atom. The van der Waals surface area contributed by atoms with Crippen molar-refractivity contribution >= 4 is 5.78 Å². The SMILES string of the molecule is CCc1cc(CC(=O)C(O)C(C)(C)C)n(CC)n1. The summed E-state index contributed by atoms with van der Waals surface area (Å²) >= 11 is 0. The molecule has 1 heterocycles. The summed E-state index contributed by atoms with van der Waals surface area (Å²) in [6.07, 6.45) is 0.178. The van der Waals surface area contributed by atoms with Gasteiger partial charge >= 0.3 is 0 Å². The molecule has 18 heavy (non-hydrogen) atoms. The Labute approximate surface area is 109 Å². The third kappa shape index (κ3) is 3.42. The predicted octanol–water partition coefficient (Wildman–Crippen LogP) is 1.98. The van der Waals surface area contributed by atoms with Crippen LogP contribution in [0.5, 0.6) is 0 Å². The number of carbonyl (C=O) groups is 1. The zero-order chi connectivity index (χ0) is 13.9. The smallest absolute Gasteiger partial charge is 0.167 e. The minimum Gasteiger partial charge on any atom is -0.385 e. The molecular weight excluding hydrogens is 228 g/mol. The monoisotopic (exact) mass is 252 g/mol. The third-order valence-electron chi connectivity index (χ3n) is 3.06. The number of carbonyl (C=O) groups excluding carboxylic acids is 1. The third-order valence-corrected chi connectivity index (χ3v) is 3.06. The standard InChI is InChI=1S/C14H24N2O2/c1-6-10-8-11(16(7-2)15-10)9-12(17)13(18)14(3,4)5/h8,13,18H,6-7,9H2,1-5H3. The summed E-state index contributed by atoms with van der Waals surface area (Å²) in [4.78, 5) is 12.0. The van der Waals surface area contributed by atoms with Crippen molar-refractivity contribution in [2.75, 3.05) is 0 Å². The molecule has 0 amide bonds. The second kappa shape index (κ2) is 5.65. The summed E-state index contributed by atoms with van der Waals surface area (Å²) in [5.74, 6) is -0.139. The first-order chi connectivity index (χ1) is 8.29. The minimum absolute atomic E-state index is 0.139. The van der Waals surface area contributed by atoms with Crippen LogP contribution in [0, 0.1) is 5.41 Å². The summed E-state index contributed by atoms with van der Waals surface area (Å²) in [6, 6.07) is 1.96. The fraction of sp³-hybridized carbons (Fsp3) is 0.714. The van der Waals surface area contributed by atoms with Crippen LogP contribution < -0.4 is 0 Å². The Morgan fingerprint density at radius 2 is 2.06 bits per heavy atom. The molecule has 1 aromatic rings. The van der Waals surface area contributed by atoms with Gasteiger partial charge < -0.3 is 5.11 Å². The number of aliphatic hydroxyl groups excluding tert-OH is 1. The number of aryl methyl sites for hydroxylation is 2. The van der Waals surface area contributed by atoms with Gasteiger partial charge in [0.15, 0.2) is 5.78 Å². The first-order valence-electron chi connectivity index (χ1n) is 6.56. The molecule has 0 radical (unpaired) electrons. The molecule has 0 aliphatic heterocycles. The molecule has 0 aromatic carbocycles. The van der Waals surface area contributed by atoms with Crippen LogP contribution in [-0.4, -0.2) is 26.8 Å². The first-order valence-corrected chi connectivity index (χ1v) is 6.56. The van der Waals surface area contributed by atoms with Crippen LogP contribution >= 0.6 is 0 Å². The van der Waals surface area contributed by atoms with E-state index in [0.717, 1.165) is 24.4 Å². The van der Waals surface area contributed by atoms with Gasteiger partial charge in [0.1, 0.15) is 6.10 Å². The Morgan fingerprint density at radius 3 is 2.50 bits per heavy atom. The maximum Gasteiger partial charge on any atom is 0.167 e. The molecule has 0 saturated heterocycles. The van der Waals surface area contributed by atoms with Crippen LogP contribution in [-0.2, 0) is 24.2 Å². The molecule has 1 rings (SSSR count). The highest BCUT2D eigenvalue weighted by Crippen LogP contribution is 2.21. The number of hydrogen-bond acceptors (Lipinski definition) is 3. The van der Waals surface area contributed by atoms with Gasteiger partial charge in [0.25, 0.3) is 0 Å². The van der Waals surface area contributed by atoms with Gasteiger partial charge in [0, 0.05) is 12.2 Å². The van der Waals surface area contributed by atoms with Crippen molar-refractivity contribution in [3.8, 4) is 0 Å². The maximum absolute atomic E-state index is 12.0. The number of rotatable bonds is 5. The van der Waals surface area contributed by atoms with E-state index in [-0.39, 0.29) is 12.2 Å². The fourth-order valence-corrected chi connectivity index (χ4v) is 1.86. The second-order valence-electron chi connectivity index (χ2n) is 5.71. The van der Waals surface area contributed by atoms with Crippen LogP contribution in [0.4, 0.5) is 0 Å². The van der Waals surface area contributed by atoms with Gasteiger partial charge in [0.05, 0.1) is 12.1 Å². The first kappa shape index (κ1) is 14.9. The molecule has 0 aliphatic rings. The van der Waals surface area contributed by atoms with Gasteiger partial charge in [-0.25, -0.2) is 0 Å². The van der Waals surface area contributed by atoms with E-state index < -0.39 is 11.5 Å². The molecule has 4 heteroatoms. The maximum atomic E-state index is 12.0. The molecule has 0 aliphatic carbocycles. The van der Waals surface area contributed by atoms with Gasteiger partial charge in [-0.3, -0.25) is 9.48 Å². The van der Waals surface area contributed by atoms with E-state index in [0.29, 0.717) is 0 Å². The Bertz CT molecular complexity index is 416. The van der Waals surface area contributed by atoms with Crippen LogP contribution in [0.2, 0.25) is 0 Å². The van der Waals surface area contributed by atoms with Crippen LogP contribution in [0.15, 0.2) is 6.07 Å². The van der Waals surface area contributed by atoms with Crippen molar-refractivity contribution in [2.24, 2.45) is 5.41 Å². The number of aliphatic hydroxyl groups is 1. The molecule has 102 valence electrons. The molecule has 1 N–H and O–H groups in total. The topological polar surface area (TPSA) is 55.1 Å². The van der Waals surface area contributed by atoms with Gasteiger partial charge in [-0.05, 0) is 24.8 Å². The molecule has 1 atom stereocenters. The number of aromatic nitrogens is 2. The van der Waals surface area contributed by atoms with E-state index >= 15 is 0 Å². The van der Waals surface area contributed by atoms with Crippen LogP contribution in [0.3, 0.4) is 0 Å². The lowest BCUT2D eigenvalue weighted by Crippen LogP contribution is -2.35. The Kier molecular flexibility index (Phi) is 4.68. The lowest BCUT2D eigenvalue weighted by molar-refractivity contribution is -0.131. The van der Waals surface area contributed by atoms with E-state index in [1.807, 2.05) is 45.4 Å². The molecule has 1 unspecified atom stereocenters. The van der Waals surface area contributed by atoms with Crippen molar-refractivity contribution in [3.05, 3.63) is 17.5 Å². The molecular formula is C14H24N2O2. The zero-order valence-electron chi connectivity index (χ0n) is 12.0. The summed E-state index contributed by atoms with van der Waals surface area (Å²) in [7, 11) is 0. The van der Waals surface area contributed by atoms with Gasteiger partial charge in [0.2, 0.25) is 0 Å². The van der Waals surface area contributed by atoms with Crippen molar-refractivity contribution in [3.63, 3.8) is 0 Å². The van der Waals surface area contributed by atoms with Crippen molar-refractivity contribution < 1.29 is 9.90 Å². The zero-order valence-corrected chi connectivity index (χ0v) is 12.0. The second-order valence-corrected chi connectivity index (χ2v) is 5.71. The number of Topliss-reactive ketones (excluding diaryl/α,β-unsaturated/α-hetero) is 1. The van der Waals surface area contributed by atoms with Crippen molar-refractivity contribution in [1.29, 1.82) is 0 Å². The molecule has 0 spiro atoms. The number of ketones is 1. The highest BCUT2D eigenvalue weighted by Gasteiger charge is 2.29. The highest BCUT2D eigenvalue weighted by molar-refractivity contribution is 5.85. The van der Waals surface area contributed by atoms with E-state index in [1.54, 1.807) is 0 Å². The van der Waals surface area contributed by atoms with Crippen molar-refractivity contribution in [1.82, 2.24) is 9.78 Å². The molecule has 0 bridgehead atoms. The number of hydrogen-bond donors (Lipinski definition) is 1. The predicted molar refractivity (Wildman–Crippen MR) is 71.5 cm³/mol. The molecule has 0 fully saturated rings. The lowest BCUT2D eigenvalue weighted by Gasteiger charge is -2.24. The Balaban J connectivity index is 2.84. The van der Waals surface area contributed by atoms with Crippen LogP contribution in [0.1, 0.15) is 46.0 Å². The fourth-order valence-electron chi connectivity index (χ4n) is 1.86. The highest BCUT2D eigenvalue weighted by atomic mass is 16.3. The molecule has 0 saturated carbocycles. The van der Waals surface area contributed by atoms with Gasteiger partial charge in [-0.2, -0.15) is 5.10 Å². The van der Waals surface area contributed by atoms with Crippen LogP contribution in [0.25, 0.3) is 0 Å². The number of nitrogens with zero attached hydrogens (tertiary/aromatic N) is 2. The minimum atomic E-state index is -0.928. The average molecular weight is 252 g/mol. The normalized spacial score (nSPS) is 13.7. The summed E-state index contributed by atoms with van der Waals surface area (Å²) < 4.78 is 1.84. The Hall–Kier alpha value is -1.16. The summed E-state index contributed by atoms with van der Waals surface area (Å²) in [5, 5.41) is 14.4. The van der Waals surface area contributed by atoms with Gasteiger partial charge in [-0.1, -0.05) is 27.7 Å². The summed E-state index contributed by atoms with van der Waals surface area (Å²) in [6.45, 7) is 10.4. The molecule has 4 nitrogen and oxygen atoms in total. The summed E-state index contributed by atoms with van der Waals surface area (Å²) in [5.41, 5.74) is 1.47. The van der Waals surface area contributed by atoms with Gasteiger partial charge in [-0.15, -0.1) is 0 Å². The van der Waals surface area contributed by atoms with E-state index in [2.05, 4.69) is 5.10 Å². The van der Waals surface area contributed by atoms with E-state index in [1.165, 1.54) is 0 Å². The average Bonchev–Trinajstić information content (AvgIpc) is 2.69.